The van der Waals surface area contributed by atoms with Gasteiger partial charge in [-0.05, 0) is 43.4 Å². The monoisotopic (exact) mass is 261 g/mol. The SMILES string of the molecule is CC(NCc1ccc2c(c1)OCCO2)C1CCCC1. The van der Waals surface area contributed by atoms with Crippen molar-refractivity contribution in [2.24, 2.45) is 5.92 Å². The highest BCUT2D eigenvalue weighted by molar-refractivity contribution is 5.43. The van der Waals surface area contributed by atoms with Gasteiger partial charge >= 0.3 is 0 Å². The first-order chi connectivity index (χ1) is 9.33. The Morgan fingerprint density at radius 2 is 1.89 bits per heavy atom. The highest BCUT2D eigenvalue weighted by Crippen LogP contribution is 2.31. The second-order valence-electron chi connectivity index (χ2n) is 5.69. The van der Waals surface area contributed by atoms with Crippen molar-refractivity contribution in [2.75, 3.05) is 13.2 Å². The average Bonchev–Trinajstić information content (AvgIpc) is 2.99. The van der Waals surface area contributed by atoms with Crippen LogP contribution in [-0.4, -0.2) is 19.3 Å². The van der Waals surface area contributed by atoms with Crippen LogP contribution in [0.4, 0.5) is 0 Å². The molecular formula is C16H23NO2. The van der Waals surface area contributed by atoms with E-state index in [4.69, 9.17) is 9.47 Å². The molecule has 1 aliphatic carbocycles. The standard InChI is InChI=1S/C16H23NO2/c1-12(14-4-2-3-5-14)17-11-13-6-7-15-16(10-13)19-9-8-18-15/h6-7,10,12,14,17H,2-5,8-9,11H2,1H3. The summed E-state index contributed by atoms with van der Waals surface area (Å²) in [4.78, 5) is 0. The smallest absolute Gasteiger partial charge is 0.161 e. The van der Waals surface area contributed by atoms with E-state index in [2.05, 4.69) is 24.4 Å². The van der Waals surface area contributed by atoms with Gasteiger partial charge in [-0.3, -0.25) is 0 Å². The van der Waals surface area contributed by atoms with Gasteiger partial charge < -0.3 is 14.8 Å². The van der Waals surface area contributed by atoms with Crippen LogP contribution in [0, 0.1) is 5.92 Å². The van der Waals surface area contributed by atoms with Gasteiger partial charge in [0.15, 0.2) is 11.5 Å². The second-order valence-corrected chi connectivity index (χ2v) is 5.69. The fourth-order valence-corrected chi connectivity index (χ4v) is 3.10. The first-order valence-electron chi connectivity index (χ1n) is 7.45. The molecule has 1 aliphatic heterocycles. The molecule has 1 N–H and O–H groups in total. The molecular weight excluding hydrogens is 238 g/mol. The van der Waals surface area contributed by atoms with E-state index < -0.39 is 0 Å². The minimum Gasteiger partial charge on any atom is -0.486 e. The van der Waals surface area contributed by atoms with Crippen molar-refractivity contribution < 1.29 is 9.47 Å². The van der Waals surface area contributed by atoms with E-state index in [0.29, 0.717) is 19.3 Å². The van der Waals surface area contributed by atoms with Crippen LogP contribution in [-0.2, 0) is 6.54 Å². The molecule has 3 nitrogen and oxygen atoms in total. The number of benzene rings is 1. The fraction of sp³-hybridized carbons (Fsp3) is 0.625. The normalized spacial score (nSPS) is 20.5. The number of nitrogens with one attached hydrogen (secondary N) is 1. The maximum Gasteiger partial charge on any atom is 0.161 e. The first-order valence-corrected chi connectivity index (χ1v) is 7.45. The Kier molecular flexibility index (Phi) is 3.92. The molecule has 1 unspecified atom stereocenters. The van der Waals surface area contributed by atoms with Crippen molar-refractivity contribution in [2.45, 2.75) is 45.2 Å². The summed E-state index contributed by atoms with van der Waals surface area (Å²) in [6.45, 7) is 4.54. The number of hydrogen-bond donors (Lipinski definition) is 1. The van der Waals surface area contributed by atoms with E-state index in [1.54, 1.807) is 0 Å². The van der Waals surface area contributed by atoms with Crippen molar-refractivity contribution in [3.63, 3.8) is 0 Å². The largest absolute Gasteiger partial charge is 0.486 e. The Morgan fingerprint density at radius 1 is 1.16 bits per heavy atom. The van der Waals surface area contributed by atoms with Crippen molar-refractivity contribution in [3.8, 4) is 11.5 Å². The Bertz CT molecular complexity index is 427. The minimum atomic E-state index is 0.607. The van der Waals surface area contributed by atoms with Crippen molar-refractivity contribution >= 4 is 0 Å². The molecule has 1 saturated carbocycles. The Labute approximate surface area is 115 Å². The highest BCUT2D eigenvalue weighted by atomic mass is 16.6. The van der Waals surface area contributed by atoms with Crippen molar-refractivity contribution in [1.29, 1.82) is 0 Å². The van der Waals surface area contributed by atoms with Gasteiger partial charge in [0.1, 0.15) is 13.2 Å². The second kappa shape index (κ2) is 5.83. The quantitative estimate of drug-likeness (QED) is 0.903. The zero-order valence-corrected chi connectivity index (χ0v) is 11.7. The van der Waals surface area contributed by atoms with Gasteiger partial charge in [0, 0.05) is 12.6 Å². The molecule has 2 aliphatic rings. The molecule has 1 fully saturated rings. The topological polar surface area (TPSA) is 30.5 Å². The first kappa shape index (κ1) is 12.8. The zero-order chi connectivity index (χ0) is 13.1. The molecule has 0 amide bonds. The van der Waals surface area contributed by atoms with Gasteiger partial charge in [-0.2, -0.15) is 0 Å². The van der Waals surface area contributed by atoms with Crippen LogP contribution in [0.15, 0.2) is 18.2 Å². The lowest BCUT2D eigenvalue weighted by atomic mass is 9.99. The Hall–Kier alpha value is -1.22. The van der Waals surface area contributed by atoms with Crippen molar-refractivity contribution in [1.82, 2.24) is 5.32 Å². The molecule has 0 bridgehead atoms. The summed E-state index contributed by atoms with van der Waals surface area (Å²) in [7, 11) is 0. The van der Waals surface area contributed by atoms with Gasteiger partial charge in [-0.25, -0.2) is 0 Å². The van der Waals surface area contributed by atoms with Crippen LogP contribution >= 0.6 is 0 Å². The van der Waals surface area contributed by atoms with Gasteiger partial charge in [0.2, 0.25) is 0 Å². The molecule has 1 atom stereocenters. The number of hydrogen-bond acceptors (Lipinski definition) is 3. The van der Waals surface area contributed by atoms with Gasteiger partial charge in [-0.1, -0.05) is 18.9 Å². The number of ether oxygens (including phenoxy) is 2. The molecule has 0 spiro atoms. The third kappa shape index (κ3) is 3.03. The van der Waals surface area contributed by atoms with Crippen LogP contribution < -0.4 is 14.8 Å². The molecule has 0 saturated heterocycles. The third-order valence-corrected chi connectivity index (χ3v) is 4.34. The van der Waals surface area contributed by atoms with Gasteiger partial charge in [0.25, 0.3) is 0 Å². The average molecular weight is 261 g/mol. The minimum absolute atomic E-state index is 0.607. The summed E-state index contributed by atoms with van der Waals surface area (Å²) < 4.78 is 11.2. The lowest BCUT2D eigenvalue weighted by Crippen LogP contribution is -2.31. The van der Waals surface area contributed by atoms with E-state index in [1.807, 2.05) is 6.07 Å². The van der Waals surface area contributed by atoms with Gasteiger partial charge in [-0.15, -0.1) is 0 Å². The van der Waals surface area contributed by atoms with E-state index in [9.17, 15) is 0 Å². The Morgan fingerprint density at radius 3 is 2.68 bits per heavy atom. The predicted octanol–water partition coefficient (Wildman–Crippen LogP) is 3.13. The fourth-order valence-electron chi connectivity index (χ4n) is 3.10. The number of rotatable bonds is 4. The van der Waals surface area contributed by atoms with E-state index in [0.717, 1.165) is 24.0 Å². The van der Waals surface area contributed by atoms with E-state index in [-0.39, 0.29) is 0 Å². The molecule has 3 rings (SSSR count). The number of fused-ring (bicyclic) bond motifs is 1. The van der Waals surface area contributed by atoms with Gasteiger partial charge in [0.05, 0.1) is 0 Å². The van der Waals surface area contributed by atoms with Crippen LogP contribution in [0.1, 0.15) is 38.2 Å². The van der Waals surface area contributed by atoms with Crippen LogP contribution in [0.25, 0.3) is 0 Å². The van der Waals surface area contributed by atoms with E-state index in [1.165, 1.54) is 31.2 Å². The molecule has 0 aromatic heterocycles. The Balaban J connectivity index is 1.57. The summed E-state index contributed by atoms with van der Waals surface area (Å²) in [6, 6.07) is 6.85. The van der Waals surface area contributed by atoms with Crippen LogP contribution in [0.2, 0.25) is 0 Å². The summed E-state index contributed by atoms with van der Waals surface area (Å²) in [6.07, 6.45) is 5.58. The lowest BCUT2D eigenvalue weighted by molar-refractivity contribution is 0.171. The van der Waals surface area contributed by atoms with Crippen molar-refractivity contribution in [3.05, 3.63) is 23.8 Å². The lowest BCUT2D eigenvalue weighted by Gasteiger charge is -2.22. The predicted molar refractivity (Wildman–Crippen MR) is 75.7 cm³/mol. The zero-order valence-electron chi connectivity index (χ0n) is 11.7. The van der Waals surface area contributed by atoms with E-state index >= 15 is 0 Å². The van der Waals surface area contributed by atoms with Crippen LogP contribution in [0.5, 0.6) is 11.5 Å². The molecule has 0 radical (unpaired) electrons. The molecule has 19 heavy (non-hydrogen) atoms. The molecule has 1 heterocycles. The van der Waals surface area contributed by atoms with Crippen LogP contribution in [0.3, 0.4) is 0 Å². The molecule has 3 heteroatoms. The summed E-state index contributed by atoms with van der Waals surface area (Å²) in [5.74, 6) is 2.62. The molecule has 1 aromatic carbocycles. The maximum absolute atomic E-state index is 5.62. The maximum atomic E-state index is 5.62. The molecule has 104 valence electrons. The summed E-state index contributed by atoms with van der Waals surface area (Å²) in [5.41, 5.74) is 1.27. The summed E-state index contributed by atoms with van der Waals surface area (Å²) >= 11 is 0. The molecule has 1 aromatic rings. The summed E-state index contributed by atoms with van der Waals surface area (Å²) in [5, 5.41) is 3.65. The third-order valence-electron chi connectivity index (χ3n) is 4.34. The highest BCUT2D eigenvalue weighted by Gasteiger charge is 2.21.